The SMILES string of the molecule is CNCCN(Cc1cnc(Cl)cn1)CC(F)(F)F. The van der Waals surface area contributed by atoms with Crippen molar-refractivity contribution < 1.29 is 13.2 Å². The van der Waals surface area contributed by atoms with Crippen LogP contribution in [-0.2, 0) is 6.54 Å². The van der Waals surface area contributed by atoms with Crippen molar-refractivity contribution >= 4 is 11.6 Å². The number of rotatable bonds is 6. The van der Waals surface area contributed by atoms with Crippen molar-refractivity contribution in [3.8, 4) is 0 Å². The summed E-state index contributed by atoms with van der Waals surface area (Å²) in [7, 11) is 1.69. The van der Waals surface area contributed by atoms with Gasteiger partial charge in [0.1, 0.15) is 5.15 Å². The van der Waals surface area contributed by atoms with E-state index in [9.17, 15) is 13.2 Å². The zero-order valence-electron chi connectivity index (χ0n) is 9.84. The zero-order valence-corrected chi connectivity index (χ0v) is 10.6. The van der Waals surface area contributed by atoms with Gasteiger partial charge in [-0.1, -0.05) is 11.6 Å². The highest BCUT2D eigenvalue weighted by atomic mass is 35.5. The van der Waals surface area contributed by atoms with E-state index in [0.717, 1.165) is 0 Å². The van der Waals surface area contributed by atoms with Gasteiger partial charge in [-0.3, -0.25) is 9.88 Å². The van der Waals surface area contributed by atoms with Gasteiger partial charge in [-0.25, -0.2) is 4.98 Å². The summed E-state index contributed by atoms with van der Waals surface area (Å²) in [6.45, 7) is -0.137. The molecule has 0 fully saturated rings. The van der Waals surface area contributed by atoms with E-state index >= 15 is 0 Å². The molecule has 0 bridgehead atoms. The maximum absolute atomic E-state index is 12.4. The number of hydrogen-bond acceptors (Lipinski definition) is 4. The molecule has 102 valence electrons. The lowest BCUT2D eigenvalue weighted by molar-refractivity contribution is -0.147. The molecule has 0 aliphatic heterocycles. The summed E-state index contributed by atoms with van der Waals surface area (Å²) in [5.74, 6) is 0. The molecule has 8 heteroatoms. The lowest BCUT2D eigenvalue weighted by Crippen LogP contribution is -2.37. The van der Waals surface area contributed by atoms with Crippen LogP contribution in [0.25, 0.3) is 0 Å². The minimum Gasteiger partial charge on any atom is -0.318 e. The van der Waals surface area contributed by atoms with Crippen molar-refractivity contribution in [2.75, 3.05) is 26.7 Å². The van der Waals surface area contributed by atoms with Crippen molar-refractivity contribution in [2.45, 2.75) is 12.7 Å². The summed E-state index contributed by atoms with van der Waals surface area (Å²) in [5.41, 5.74) is 0.458. The number of hydrogen-bond donors (Lipinski definition) is 1. The monoisotopic (exact) mass is 282 g/mol. The van der Waals surface area contributed by atoms with Gasteiger partial charge < -0.3 is 5.32 Å². The minimum atomic E-state index is -4.23. The fourth-order valence-electron chi connectivity index (χ4n) is 1.39. The van der Waals surface area contributed by atoms with E-state index in [1.54, 1.807) is 7.05 Å². The molecule has 0 spiro atoms. The first-order valence-corrected chi connectivity index (χ1v) is 5.68. The van der Waals surface area contributed by atoms with Crippen molar-refractivity contribution in [2.24, 2.45) is 0 Å². The molecule has 0 amide bonds. The third-order valence-corrected chi connectivity index (χ3v) is 2.34. The summed E-state index contributed by atoms with van der Waals surface area (Å²) in [6, 6.07) is 0. The summed E-state index contributed by atoms with van der Waals surface area (Å²) in [6.07, 6.45) is -1.53. The maximum atomic E-state index is 12.4. The fourth-order valence-corrected chi connectivity index (χ4v) is 1.48. The summed E-state index contributed by atoms with van der Waals surface area (Å²) >= 11 is 5.56. The van der Waals surface area contributed by atoms with Crippen LogP contribution in [0, 0.1) is 0 Å². The first-order chi connectivity index (χ1) is 8.40. The third-order valence-electron chi connectivity index (χ3n) is 2.14. The Balaban J connectivity index is 2.62. The minimum absolute atomic E-state index is 0.0886. The van der Waals surface area contributed by atoms with Crippen LogP contribution in [0.4, 0.5) is 13.2 Å². The zero-order chi connectivity index (χ0) is 13.6. The van der Waals surface area contributed by atoms with Crippen LogP contribution in [0.3, 0.4) is 0 Å². The lowest BCUT2D eigenvalue weighted by atomic mass is 10.3. The second kappa shape index (κ2) is 6.86. The van der Waals surface area contributed by atoms with Gasteiger partial charge >= 0.3 is 6.18 Å². The van der Waals surface area contributed by atoms with Crippen molar-refractivity contribution in [1.82, 2.24) is 20.2 Å². The quantitative estimate of drug-likeness (QED) is 0.862. The molecule has 0 unspecified atom stereocenters. The maximum Gasteiger partial charge on any atom is 0.401 e. The predicted molar refractivity (Wildman–Crippen MR) is 62.3 cm³/mol. The molecule has 1 heterocycles. The number of halogens is 4. The van der Waals surface area contributed by atoms with Crippen LogP contribution in [-0.4, -0.2) is 47.7 Å². The Morgan fingerprint density at radius 3 is 2.56 bits per heavy atom. The van der Waals surface area contributed by atoms with Gasteiger partial charge in [-0.05, 0) is 7.05 Å². The molecule has 4 nitrogen and oxygen atoms in total. The van der Waals surface area contributed by atoms with Crippen LogP contribution >= 0.6 is 11.6 Å². The average molecular weight is 283 g/mol. The first kappa shape index (κ1) is 15.1. The highest BCUT2D eigenvalue weighted by molar-refractivity contribution is 6.29. The standard InChI is InChI=1S/C10H14ClF3N4/c1-15-2-3-18(7-10(12,13)14)6-8-4-17-9(11)5-16-8/h4-5,15H,2-3,6-7H2,1H3. The smallest absolute Gasteiger partial charge is 0.318 e. The van der Waals surface area contributed by atoms with Gasteiger partial charge in [-0.15, -0.1) is 0 Å². The van der Waals surface area contributed by atoms with E-state index in [4.69, 9.17) is 11.6 Å². The molecular weight excluding hydrogens is 269 g/mol. The van der Waals surface area contributed by atoms with Gasteiger partial charge in [0, 0.05) is 19.6 Å². The molecule has 0 aromatic carbocycles. The third kappa shape index (κ3) is 6.13. The molecule has 18 heavy (non-hydrogen) atoms. The summed E-state index contributed by atoms with van der Waals surface area (Å²) < 4.78 is 37.1. The second-order valence-electron chi connectivity index (χ2n) is 3.76. The molecule has 0 saturated heterocycles. The molecule has 1 N–H and O–H groups in total. The predicted octanol–water partition coefficient (Wildman–Crippen LogP) is 1.71. The molecule has 1 aromatic heterocycles. The molecular formula is C10H14ClF3N4. The first-order valence-electron chi connectivity index (χ1n) is 5.31. The van der Waals surface area contributed by atoms with Crippen LogP contribution in [0.1, 0.15) is 5.69 Å². The van der Waals surface area contributed by atoms with Crippen LogP contribution in [0.15, 0.2) is 12.4 Å². The number of aromatic nitrogens is 2. The Morgan fingerprint density at radius 2 is 2.06 bits per heavy atom. The van der Waals surface area contributed by atoms with E-state index in [-0.39, 0.29) is 18.2 Å². The van der Waals surface area contributed by atoms with Gasteiger partial charge in [0.05, 0.1) is 24.6 Å². The number of likely N-dealkylation sites (N-methyl/N-ethyl adjacent to an activating group) is 1. The Morgan fingerprint density at radius 1 is 1.33 bits per heavy atom. The normalized spacial score (nSPS) is 12.1. The van der Waals surface area contributed by atoms with Gasteiger partial charge in [0.25, 0.3) is 0 Å². The molecule has 1 aromatic rings. The van der Waals surface area contributed by atoms with Crippen LogP contribution < -0.4 is 5.32 Å². The Bertz CT molecular complexity index is 355. The lowest BCUT2D eigenvalue weighted by Gasteiger charge is -2.22. The van der Waals surface area contributed by atoms with Crippen molar-refractivity contribution in [3.63, 3.8) is 0 Å². The number of nitrogens with zero attached hydrogens (tertiary/aromatic N) is 3. The number of nitrogens with one attached hydrogen (secondary N) is 1. The number of alkyl halides is 3. The van der Waals surface area contributed by atoms with E-state index in [1.165, 1.54) is 17.3 Å². The Hall–Kier alpha value is -0.920. The molecule has 0 saturated carbocycles. The summed E-state index contributed by atoms with van der Waals surface area (Å²) in [4.78, 5) is 8.98. The van der Waals surface area contributed by atoms with Gasteiger partial charge in [0.2, 0.25) is 0 Å². The van der Waals surface area contributed by atoms with Crippen LogP contribution in [0.5, 0.6) is 0 Å². The fraction of sp³-hybridized carbons (Fsp3) is 0.600. The highest BCUT2D eigenvalue weighted by Gasteiger charge is 2.30. The molecule has 1 rings (SSSR count). The van der Waals surface area contributed by atoms with E-state index < -0.39 is 12.7 Å². The Labute approximate surface area is 108 Å². The van der Waals surface area contributed by atoms with E-state index in [0.29, 0.717) is 12.2 Å². The molecule has 0 aliphatic carbocycles. The second-order valence-corrected chi connectivity index (χ2v) is 4.15. The average Bonchev–Trinajstić information content (AvgIpc) is 2.27. The molecule has 0 aliphatic rings. The highest BCUT2D eigenvalue weighted by Crippen LogP contribution is 2.17. The molecule has 0 radical (unpaired) electrons. The summed E-state index contributed by atoms with van der Waals surface area (Å²) in [5, 5.41) is 3.03. The Kier molecular flexibility index (Phi) is 5.77. The van der Waals surface area contributed by atoms with Crippen molar-refractivity contribution in [1.29, 1.82) is 0 Å². The van der Waals surface area contributed by atoms with E-state index in [2.05, 4.69) is 15.3 Å². The molecule has 0 atom stereocenters. The van der Waals surface area contributed by atoms with E-state index in [1.807, 2.05) is 0 Å². The van der Waals surface area contributed by atoms with Crippen molar-refractivity contribution in [3.05, 3.63) is 23.2 Å². The largest absolute Gasteiger partial charge is 0.401 e. The van der Waals surface area contributed by atoms with Gasteiger partial charge in [0.15, 0.2) is 0 Å². The van der Waals surface area contributed by atoms with Gasteiger partial charge in [-0.2, -0.15) is 13.2 Å². The topological polar surface area (TPSA) is 41.0 Å². The van der Waals surface area contributed by atoms with Crippen LogP contribution in [0.2, 0.25) is 5.15 Å².